The van der Waals surface area contributed by atoms with Crippen molar-refractivity contribution in [1.82, 2.24) is 4.98 Å². The summed E-state index contributed by atoms with van der Waals surface area (Å²) in [5.74, 6) is 0.00667. The third-order valence-corrected chi connectivity index (χ3v) is 4.16. The van der Waals surface area contributed by atoms with Crippen LogP contribution in [-0.4, -0.2) is 18.0 Å². The number of halogens is 2. The van der Waals surface area contributed by atoms with Gasteiger partial charge in [0.15, 0.2) is 0 Å². The Morgan fingerprint density at radius 1 is 1.29 bits per heavy atom. The lowest BCUT2D eigenvalue weighted by molar-refractivity contribution is -0.115. The Balaban J connectivity index is 1.84. The summed E-state index contributed by atoms with van der Waals surface area (Å²) in [6.45, 7) is 1.92. The summed E-state index contributed by atoms with van der Waals surface area (Å²) in [5.41, 5.74) is 3.22. The Morgan fingerprint density at radius 3 is 2.79 bits per heavy atom. The van der Waals surface area contributed by atoms with Crippen molar-refractivity contribution in [3.63, 3.8) is 0 Å². The van der Waals surface area contributed by atoms with Crippen molar-refractivity contribution in [3.8, 4) is 5.75 Å². The molecule has 3 aromatic rings. The minimum Gasteiger partial charge on any atom is -0.497 e. The highest BCUT2D eigenvalue weighted by molar-refractivity contribution is 6.31. The molecular formula is C18H16ClFN2O2. The van der Waals surface area contributed by atoms with Crippen molar-refractivity contribution in [1.29, 1.82) is 0 Å². The van der Waals surface area contributed by atoms with Crippen LogP contribution in [0.2, 0.25) is 5.02 Å². The molecule has 0 aliphatic carbocycles. The Morgan fingerprint density at radius 2 is 2.08 bits per heavy atom. The maximum Gasteiger partial charge on any atom is 0.228 e. The van der Waals surface area contributed by atoms with Crippen LogP contribution in [0, 0.1) is 12.7 Å². The number of rotatable bonds is 4. The third-order valence-electron chi connectivity index (χ3n) is 3.87. The number of hydrogen-bond donors (Lipinski definition) is 2. The molecular weight excluding hydrogens is 331 g/mol. The molecule has 124 valence electrons. The average molecular weight is 347 g/mol. The van der Waals surface area contributed by atoms with E-state index in [0.29, 0.717) is 5.69 Å². The first-order valence-electron chi connectivity index (χ1n) is 7.38. The highest BCUT2D eigenvalue weighted by Gasteiger charge is 2.14. The number of aromatic amines is 1. The summed E-state index contributed by atoms with van der Waals surface area (Å²) in [6, 6.07) is 9.77. The van der Waals surface area contributed by atoms with Gasteiger partial charge in [-0.25, -0.2) is 4.39 Å². The van der Waals surface area contributed by atoms with E-state index >= 15 is 0 Å². The van der Waals surface area contributed by atoms with Crippen molar-refractivity contribution in [2.75, 3.05) is 12.4 Å². The van der Waals surface area contributed by atoms with E-state index in [1.165, 1.54) is 18.2 Å². The van der Waals surface area contributed by atoms with E-state index < -0.39 is 5.82 Å². The number of hydrogen-bond acceptors (Lipinski definition) is 2. The molecule has 1 aromatic heterocycles. The summed E-state index contributed by atoms with van der Waals surface area (Å²) < 4.78 is 18.4. The monoisotopic (exact) mass is 346 g/mol. The number of carbonyl (C=O) groups excluding carboxylic acids is 1. The molecule has 2 N–H and O–H groups in total. The highest BCUT2D eigenvalue weighted by atomic mass is 35.5. The number of aryl methyl sites for hydroxylation is 1. The normalized spacial score (nSPS) is 10.8. The molecule has 0 atom stereocenters. The van der Waals surface area contributed by atoms with Gasteiger partial charge in [0.25, 0.3) is 0 Å². The fraction of sp³-hybridized carbons (Fsp3) is 0.167. The Labute approximate surface area is 143 Å². The molecule has 0 spiro atoms. The maximum absolute atomic E-state index is 13.2. The van der Waals surface area contributed by atoms with Crippen LogP contribution in [0.4, 0.5) is 10.1 Å². The molecule has 2 aromatic carbocycles. The van der Waals surface area contributed by atoms with E-state index in [4.69, 9.17) is 16.3 Å². The SMILES string of the molecule is COc1ccc2[nH]c(C)c(CC(=O)Nc3ccc(F)c(Cl)c3)c2c1. The van der Waals surface area contributed by atoms with E-state index in [9.17, 15) is 9.18 Å². The minimum atomic E-state index is -0.519. The molecule has 0 unspecified atom stereocenters. The highest BCUT2D eigenvalue weighted by Crippen LogP contribution is 2.27. The summed E-state index contributed by atoms with van der Waals surface area (Å²) in [5, 5.41) is 3.65. The fourth-order valence-corrected chi connectivity index (χ4v) is 2.84. The molecule has 0 radical (unpaired) electrons. The van der Waals surface area contributed by atoms with Crippen LogP contribution in [0.5, 0.6) is 5.75 Å². The quantitative estimate of drug-likeness (QED) is 0.732. The molecule has 0 aliphatic rings. The number of benzene rings is 2. The Kier molecular flexibility index (Phi) is 4.44. The molecule has 0 saturated carbocycles. The van der Waals surface area contributed by atoms with Gasteiger partial charge in [-0.05, 0) is 48.9 Å². The Hall–Kier alpha value is -2.53. The molecule has 3 rings (SSSR count). The zero-order valence-electron chi connectivity index (χ0n) is 13.2. The van der Waals surface area contributed by atoms with Gasteiger partial charge in [0.05, 0.1) is 18.6 Å². The molecule has 24 heavy (non-hydrogen) atoms. The molecule has 4 nitrogen and oxygen atoms in total. The molecule has 1 heterocycles. The summed E-state index contributed by atoms with van der Waals surface area (Å²) in [6.07, 6.45) is 0.188. The number of methoxy groups -OCH3 is 1. The topological polar surface area (TPSA) is 54.1 Å². The largest absolute Gasteiger partial charge is 0.497 e. The van der Waals surface area contributed by atoms with Crippen LogP contribution in [0.1, 0.15) is 11.3 Å². The van der Waals surface area contributed by atoms with Gasteiger partial charge in [-0.1, -0.05) is 11.6 Å². The second-order valence-electron chi connectivity index (χ2n) is 5.49. The van der Waals surface area contributed by atoms with Crippen LogP contribution in [0.15, 0.2) is 36.4 Å². The number of H-pyrrole nitrogens is 1. The number of amides is 1. The van der Waals surface area contributed by atoms with Gasteiger partial charge in [-0.3, -0.25) is 4.79 Å². The van der Waals surface area contributed by atoms with E-state index in [-0.39, 0.29) is 17.4 Å². The first-order chi connectivity index (χ1) is 11.5. The van der Waals surface area contributed by atoms with E-state index in [1.807, 2.05) is 25.1 Å². The standard InChI is InChI=1S/C18H16ClFN2O2/c1-10-13(14-8-12(24-2)4-6-17(14)21-10)9-18(23)22-11-3-5-16(20)15(19)7-11/h3-8,21H,9H2,1-2H3,(H,22,23). The van der Waals surface area contributed by atoms with Crippen molar-refractivity contribution in [3.05, 3.63) is 58.5 Å². The van der Waals surface area contributed by atoms with Crippen LogP contribution in [-0.2, 0) is 11.2 Å². The van der Waals surface area contributed by atoms with Gasteiger partial charge < -0.3 is 15.0 Å². The molecule has 0 bridgehead atoms. The van der Waals surface area contributed by atoms with E-state index in [2.05, 4.69) is 10.3 Å². The molecule has 0 aliphatic heterocycles. The van der Waals surface area contributed by atoms with Crippen LogP contribution in [0.25, 0.3) is 10.9 Å². The van der Waals surface area contributed by atoms with Gasteiger partial charge in [0.1, 0.15) is 11.6 Å². The van der Waals surface area contributed by atoms with Gasteiger partial charge >= 0.3 is 0 Å². The number of ether oxygens (including phenoxy) is 1. The van der Waals surface area contributed by atoms with Gasteiger partial charge in [-0.15, -0.1) is 0 Å². The third kappa shape index (κ3) is 3.21. The number of carbonyl (C=O) groups is 1. The number of fused-ring (bicyclic) bond motifs is 1. The fourth-order valence-electron chi connectivity index (χ4n) is 2.66. The van der Waals surface area contributed by atoms with Crippen molar-refractivity contribution < 1.29 is 13.9 Å². The van der Waals surface area contributed by atoms with Crippen molar-refractivity contribution >= 4 is 34.1 Å². The van der Waals surface area contributed by atoms with Crippen LogP contribution in [0.3, 0.4) is 0 Å². The van der Waals surface area contributed by atoms with Gasteiger partial charge in [0, 0.05) is 22.3 Å². The van der Waals surface area contributed by atoms with Crippen molar-refractivity contribution in [2.45, 2.75) is 13.3 Å². The zero-order chi connectivity index (χ0) is 17.3. The Bertz CT molecular complexity index is 921. The van der Waals surface area contributed by atoms with Crippen molar-refractivity contribution in [2.24, 2.45) is 0 Å². The minimum absolute atomic E-state index is 0.0270. The summed E-state index contributed by atoms with van der Waals surface area (Å²) in [7, 11) is 1.60. The van der Waals surface area contributed by atoms with E-state index in [0.717, 1.165) is 27.9 Å². The second kappa shape index (κ2) is 6.53. The molecule has 1 amide bonds. The summed E-state index contributed by atoms with van der Waals surface area (Å²) in [4.78, 5) is 15.6. The summed E-state index contributed by atoms with van der Waals surface area (Å²) >= 11 is 5.73. The van der Waals surface area contributed by atoms with Crippen LogP contribution >= 0.6 is 11.6 Å². The number of nitrogens with one attached hydrogen (secondary N) is 2. The predicted octanol–water partition coefficient (Wildman–Crippen LogP) is 4.46. The maximum atomic E-state index is 13.2. The lowest BCUT2D eigenvalue weighted by Gasteiger charge is -2.07. The zero-order valence-corrected chi connectivity index (χ0v) is 14.0. The van der Waals surface area contributed by atoms with Gasteiger partial charge in [-0.2, -0.15) is 0 Å². The number of anilines is 1. The second-order valence-corrected chi connectivity index (χ2v) is 5.90. The molecule has 0 fully saturated rings. The first-order valence-corrected chi connectivity index (χ1v) is 7.76. The molecule has 6 heteroatoms. The smallest absolute Gasteiger partial charge is 0.228 e. The lowest BCUT2D eigenvalue weighted by atomic mass is 10.1. The first kappa shape index (κ1) is 16.3. The molecule has 0 saturated heterocycles. The van der Waals surface area contributed by atoms with E-state index in [1.54, 1.807) is 7.11 Å². The average Bonchev–Trinajstić information content (AvgIpc) is 2.86. The lowest BCUT2D eigenvalue weighted by Crippen LogP contribution is -2.14. The number of aromatic nitrogens is 1. The van der Waals surface area contributed by atoms with Crippen LogP contribution < -0.4 is 10.1 Å². The predicted molar refractivity (Wildman–Crippen MR) is 93.3 cm³/mol. The van der Waals surface area contributed by atoms with Gasteiger partial charge in [0.2, 0.25) is 5.91 Å².